The van der Waals surface area contributed by atoms with Gasteiger partial charge in [0.1, 0.15) is 5.75 Å². The van der Waals surface area contributed by atoms with Gasteiger partial charge in [0.05, 0.1) is 0 Å². The standard InChI is InChI=1S/C17H22N4O3.ClH/c1-2-16-19-15(20-24-16)11-23-14-7-5-12(6-8-14)17(22)21-9-3-4-13(21)10-18;/h5-8,13H,2-4,9-11,18H2,1H3;1H. The highest BCUT2D eigenvalue weighted by atomic mass is 35.5. The van der Waals surface area contributed by atoms with Crippen molar-refractivity contribution < 1.29 is 14.1 Å². The number of aromatic nitrogens is 2. The number of rotatable bonds is 6. The quantitative estimate of drug-likeness (QED) is 0.842. The molecule has 1 aliphatic rings. The number of likely N-dealkylation sites (tertiary alicyclic amines) is 1. The molecule has 7 nitrogen and oxygen atoms in total. The minimum atomic E-state index is 0. The van der Waals surface area contributed by atoms with Crippen LogP contribution in [-0.4, -0.2) is 40.1 Å². The fraction of sp³-hybridized carbons (Fsp3) is 0.471. The molecular formula is C17H23ClN4O3. The molecule has 1 aromatic carbocycles. The van der Waals surface area contributed by atoms with E-state index in [1.807, 2.05) is 11.8 Å². The van der Waals surface area contributed by atoms with Crippen molar-refractivity contribution in [3.8, 4) is 5.75 Å². The number of nitrogens with two attached hydrogens (primary N) is 1. The summed E-state index contributed by atoms with van der Waals surface area (Å²) in [4.78, 5) is 18.6. The van der Waals surface area contributed by atoms with Gasteiger partial charge in [0.25, 0.3) is 5.91 Å². The Morgan fingerprint density at radius 3 is 2.80 bits per heavy atom. The predicted octanol–water partition coefficient (Wildman–Crippen LogP) is 2.20. The van der Waals surface area contributed by atoms with Gasteiger partial charge in [0.2, 0.25) is 11.7 Å². The molecule has 0 spiro atoms. The van der Waals surface area contributed by atoms with E-state index < -0.39 is 0 Å². The lowest BCUT2D eigenvalue weighted by molar-refractivity contribution is 0.0741. The van der Waals surface area contributed by atoms with Crippen molar-refractivity contribution in [2.75, 3.05) is 13.1 Å². The van der Waals surface area contributed by atoms with Crippen molar-refractivity contribution in [3.05, 3.63) is 41.5 Å². The van der Waals surface area contributed by atoms with Crippen LogP contribution < -0.4 is 10.5 Å². The molecule has 2 aromatic rings. The van der Waals surface area contributed by atoms with Gasteiger partial charge in [-0.25, -0.2) is 0 Å². The SMILES string of the molecule is CCc1nc(COc2ccc(C(=O)N3CCCC3CN)cc2)no1.Cl. The van der Waals surface area contributed by atoms with Crippen LogP contribution >= 0.6 is 12.4 Å². The Labute approximate surface area is 152 Å². The third kappa shape index (κ3) is 4.49. The first-order valence-electron chi connectivity index (χ1n) is 8.26. The van der Waals surface area contributed by atoms with Gasteiger partial charge in [-0.15, -0.1) is 12.4 Å². The zero-order valence-corrected chi connectivity index (χ0v) is 15.0. The first kappa shape index (κ1) is 19.2. The Bertz CT molecular complexity index is 689. The molecule has 1 unspecified atom stereocenters. The Hall–Kier alpha value is -2.12. The highest BCUT2D eigenvalue weighted by Gasteiger charge is 2.28. The van der Waals surface area contributed by atoms with E-state index in [1.165, 1.54) is 0 Å². The summed E-state index contributed by atoms with van der Waals surface area (Å²) in [6.45, 7) is 3.47. The number of amides is 1. The second-order valence-electron chi connectivity index (χ2n) is 5.80. The van der Waals surface area contributed by atoms with Crippen LogP contribution in [0.15, 0.2) is 28.8 Å². The molecule has 1 saturated heterocycles. The number of aryl methyl sites for hydroxylation is 1. The minimum absolute atomic E-state index is 0. The van der Waals surface area contributed by atoms with E-state index >= 15 is 0 Å². The molecule has 2 N–H and O–H groups in total. The van der Waals surface area contributed by atoms with Crippen molar-refractivity contribution in [2.45, 2.75) is 38.8 Å². The number of ether oxygens (including phenoxy) is 1. The van der Waals surface area contributed by atoms with E-state index in [0.29, 0.717) is 36.0 Å². The maximum absolute atomic E-state index is 12.5. The largest absolute Gasteiger partial charge is 0.485 e. The summed E-state index contributed by atoms with van der Waals surface area (Å²) in [6, 6.07) is 7.26. The molecule has 2 heterocycles. The molecule has 1 fully saturated rings. The number of hydrogen-bond acceptors (Lipinski definition) is 6. The van der Waals surface area contributed by atoms with Gasteiger partial charge in [0, 0.05) is 31.1 Å². The van der Waals surface area contributed by atoms with Crippen LogP contribution in [0.4, 0.5) is 0 Å². The molecule has 25 heavy (non-hydrogen) atoms. The minimum Gasteiger partial charge on any atom is -0.485 e. The smallest absolute Gasteiger partial charge is 0.254 e. The summed E-state index contributed by atoms with van der Waals surface area (Å²) in [5.41, 5.74) is 6.39. The Balaban J connectivity index is 0.00000225. The number of halogens is 1. The molecular weight excluding hydrogens is 344 g/mol. The molecule has 1 atom stereocenters. The Morgan fingerprint density at radius 1 is 1.40 bits per heavy atom. The molecule has 0 saturated carbocycles. The monoisotopic (exact) mass is 366 g/mol. The maximum atomic E-state index is 12.5. The van der Waals surface area contributed by atoms with E-state index in [9.17, 15) is 4.79 Å². The number of nitrogens with zero attached hydrogens (tertiary/aromatic N) is 3. The van der Waals surface area contributed by atoms with Crippen molar-refractivity contribution in [3.63, 3.8) is 0 Å². The number of benzene rings is 1. The highest BCUT2D eigenvalue weighted by Crippen LogP contribution is 2.21. The highest BCUT2D eigenvalue weighted by molar-refractivity contribution is 5.94. The zero-order chi connectivity index (χ0) is 16.9. The topological polar surface area (TPSA) is 94.5 Å². The zero-order valence-electron chi connectivity index (χ0n) is 14.2. The van der Waals surface area contributed by atoms with Gasteiger partial charge in [-0.3, -0.25) is 4.79 Å². The van der Waals surface area contributed by atoms with Crippen molar-refractivity contribution in [1.29, 1.82) is 0 Å². The first-order chi connectivity index (χ1) is 11.7. The van der Waals surface area contributed by atoms with Gasteiger partial charge >= 0.3 is 0 Å². The molecule has 0 radical (unpaired) electrons. The summed E-state index contributed by atoms with van der Waals surface area (Å²) in [5.74, 6) is 1.79. The molecule has 1 aromatic heterocycles. The van der Waals surface area contributed by atoms with Crippen LogP contribution in [0.1, 0.15) is 41.8 Å². The summed E-state index contributed by atoms with van der Waals surface area (Å²) in [7, 11) is 0. The third-order valence-electron chi connectivity index (χ3n) is 4.19. The molecule has 1 aliphatic heterocycles. The van der Waals surface area contributed by atoms with E-state index in [0.717, 1.165) is 19.4 Å². The lowest BCUT2D eigenvalue weighted by Gasteiger charge is -2.23. The summed E-state index contributed by atoms with van der Waals surface area (Å²) in [6.07, 6.45) is 2.69. The van der Waals surface area contributed by atoms with Crippen molar-refractivity contribution >= 4 is 18.3 Å². The van der Waals surface area contributed by atoms with E-state index in [4.69, 9.17) is 15.0 Å². The van der Waals surface area contributed by atoms with Gasteiger partial charge in [-0.2, -0.15) is 4.98 Å². The van der Waals surface area contributed by atoms with E-state index in [1.54, 1.807) is 24.3 Å². The van der Waals surface area contributed by atoms with Gasteiger partial charge in [-0.05, 0) is 37.1 Å². The molecule has 3 rings (SSSR count). The maximum Gasteiger partial charge on any atom is 0.254 e. The predicted molar refractivity (Wildman–Crippen MR) is 94.8 cm³/mol. The molecule has 0 aliphatic carbocycles. The Kier molecular flexibility index (Phi) is 6.78. The van der Waals surface area contributed by atoms with Gasteiger partial charge in [-0.1, -0.05) is 12.1 Å². The molecule has 0 bridgehead atoms. The second kappa shape index (κ2) is 8.82. The van der Waals surface area contributed by atoms with Crippen LogP contribution in [0, 0.1) is 0 Å². The molecule has 136 valence electrons. The van der Waals surface area contributed by atoms with E-state index in [2.05, 4.69) is 10.1 Å². The lowest BCUT2D eigenvalue weighted by Crippen LogP contribution is -2.39. The fourth-order valence-corrected chi connectivity index (χ4v) is 2.85. The van der Waals surface area contributed by atoms with Crippen LogP contribution in [0.3, 0.4) is 0 Å². The van der Waals surface area contributed by atoms with Crippen LogP contribution in [-0.2, 0) is 13.0 Å². The molecule has 8 heteroatoms. The van der Waals surface area contributed by atoms with Crippen molar-refractivity contribution in [1.82, 2.24) is 15.0 Å². The fourth-order valence-electron chi connectivity index (χ4n) is 2.85. The number of carbonyl (C=O) groups excluding carboxylic acids is 1. The summed E-state index contributed by atoms with van der Waals surface area (Å²) in [5, 5.41) is 3.83. The van der Waals surface area contributed by atoms with Gasteiger partial charge in [0.15, 0.2) is 6.61 Å². The van der Waals surface area contributed by atoms with Crippen LogP contribution in [0.2, 0.25) is 0 Å². The van der Waals surface area contributed by atoms with Crippen LogP contribution in [0.25, 0.3) is 0 Å². The van der Waals surface area contributed by atoms with Crippen molar-refractivity contribution in [2.24, 2.45) is 5.73 Å². The normalized spacial score (nSPS) is 16.6. The number of hydrogen-bond donors (Lipinski definition) is 1. The second-order valence-corrected chi connectivity index (χ2v) is 5.80. The summed E-state index contributed by atoms with van der Waals surface area (Å²) >= 11 is 0. The third-order valence-corrected chi connectivity index (χ3v) is 4.19. The number of carbonyl (C=O) groups is 1. The molecule has 1 amide bonds. The van der Waals surface area contributed by atoms with Gasteiger partial charge < -0.3 is 19.9 Å². The Morgan fingerprint density at radius 2 is 2.16 bits per heavy atom. The summed E-state index contributed by atoms with van der Waals surface area (Å²) < 4.78 is 10.7. The first-order valence-corrected chi connectivity index (χ1v) is 8.26. The average Bonchev–Trinajstić information content (AvgIpc) is 3.28. The van der Waals surface area contributed by atoms with Crippen LogP contribution in [0.5, 0.6) is 5.75 Å². The lowest BCUT2D eigenvalue weighted by atomic mass is 10.1. The average molecular weight is 367 g/mol. The van der Waals surface area contributed by atoms with E-state index in [-0.39, 0.29) is 31.0 Å².